The summed E-state index contributed by atoms with van der Waals surface area (Å²) in [7, 11) is 0. The van der Waals surface area contributed by atoms with Gasteiger partial charge in [0.15, 0.2) is 5.75 Å². The molecular formula is C23H18Cl3N3O5. The number of hydrogen-bond donors (Lipinski definition) is 1. The zero-order valence-corrected chi connectivity index (χ0v) is 20.2. The van der Waals surface area contributed by atoms with Crippen molar-refractivity contribution in [1.29, 1.82) is 0 Å². The van der Waals surface area contributed by atoms with Crippen LogP contribution in [-0.2, 0) is 4.74 Å². The lowest BCUT2D eigenvalue weighted by molar-refractivity contribution is -0.384. The van der Waals surface area contributed by atoms with Crippen LogP contribution >= 0.6 is 34.8 Å². The first kappa shape index (κ1) is 25.3. The summed E-state index contributed by atoms with van der Waals surface area (Å²) in [6, 6.07) is 14.4. The maximum Gasteiger partial charge on any atom is 0.348 e. The Morgan fingerprint density at radius 2 is 1.62 bits per heavy atom. The van der Waals surface area contributed by atoms with Crippen molar-refractivity contribution in [3.8, 4) is 11.5 Å². The molecule has 0 atom stereocenters. The van der Waals surface area contributed by atoms with E-state index in [1.165, 1.54) is 36.4 Å². The van der Waals surface area contributed by atoms with E-state index in [1.54, 1.807) is 38.1 Å². The molecular weight excluding hydrogens is 505 g/mol. The molecule has 176 valence electrons. The minimum atomic E-state index is -0.730. The van der Waals surface area contributed by atoms with Gasteiger partial charge in [-0.3, -0.25) is 10.1 Å². The van der Waals surface area contributed by atoms with Crippen LogP contribution in [0.5, 0.6) is 11.5 Å². The monoisotopic (exact) mass is 521 g/mol. The standard InChI is InChI=1S/C23H18Cl3N3O5/c1-13(2)33-22(17-5-3-4-6-18(17)24)28-23(30)27-14-11-19(25)21(20(26)12-14)34-16-9-7-15(8-10-16)29(31)32/h3-13H,1-2H3,(H,27,30). The van der Waals surface area contributed by atoms with E-state index in [0.717, 1.165) is 0 Å². The van der Waals surface area contributed by atoms with Gasteiger partial charge in [-0.2, -0.15) is 4.99 Å². The highest BCUT2D eigenvalue weighted by Crippen LogP contribution is 2.39. The third-order valence-electron chi connectivity index (χ3n) is 4.17. The van der Waals surface area contributed by atoms with Crippen LogP contribution in [-0.4, -0.2) is 23.0 Å². The quantitative estimate of drug-likeness (QED) is 0.154. The van der Waals surface area contributed by atoms with E-state index in [0.29, 0.717) is 16.3 Å². The molecule has 0 heterocycles. The van der Waals surface area contributed by atoms with E-state index in [-0.39, 0.29) is 39.2 Å². The maximum absolute atomic E-state index is 12.6. The minimum Gasteiger partial charge on any atom is -0.474 e. The molecule has 8 nitrogen and oxygen atoms in total. The van der Waals surface area contributed by atoms with Gasteiger partial charge in [0.25, 0.3) is 5.69 Å². The Hall–Kier alpha value is -3.33. The summed E-state index contributed by atoms with van der Waals surface area (Å²) < 4.78 is 11.3. The number of halogens is 3. The number of rotatable bonds is 6. The molecule has 0 saturated carbocycles. The van der Waals surface area contributed by atoms with Gasteiger partial charge in [-0.1, -0.05) is 46.9 Å². The van der Waals surface area contributed by atoms with Gasteiger partial charge in [0.2, 0.25) is 5.90 Å². The number of anilines is 1. The lowest BCUT2D eigenvalue weighted by Gasteiger charge is -2.14. The molecule has 0 aliphatic carbocycles. The molecule has 3 aromatic carbocycles. The van der Waals surface area contributed by atoms with Crippen molar-refractivity contribution in [3.05, 3.63) is 91.4 Å². The Morgan fingerprint density at radius 3 is 2.18 bits per heavy atom. The second kappa shape index (κ2) is 11.2. The fourth-order valence-electron chi connectivity index (χ4n) is 2.73. The molecule has 0 bridgehead atoms. The second-order valence-corrected chi connectivity index (χ2v) is 8.34. The summed E-state index contributed by atoms with van der Waals surface area (Å²) in [4.78, 5) is 26.8. The molecule has 0 aliphatic rings. The first-order valence-electron chi connectivity index (χ1n) is 9.86. The van der Waals surface area contributed by atoms with Crippen molar-refractivity contribution < 1.29 is 19.2 Å². The summed E-state index contributed by atoms with van der Waals surface area (Å²) >= 11 is 18.8. The summed E-state index contributed by atoms with van der Waals surface area (Å²) in [5.74, 6) is 0.484. The lowest BCUT2D eigenvalue weighted by Crippen LogP contribution is -2.17. The molecule has 0 spiro atoms. The predicted octanol–water partition coefficient (Wildman–Crippen LogP) is 7.75. The average molecular weight is 523 g/mol. The Kier molecular flexibility index (Phi) is 8.33. The first-order valence-corrected chi connectivity index (χ1v) is 11.0. The van der Waals surface area contributed by atoms with Crippen LogP contribution in [0.25, 0.3) is 0 Å². The zero-order valence-electron chi connectivity index (χ0n) is 17.9. The highest BCUT2D eigenvalue weighted by atomic mass is 35.5. The van der Waals surface area contributed by atoms with Crippen molar-refractivity contribution in [2.24, 2.45) is 4.99 Å². The van der Waals surface area contributed by atoms with Gasteiger partial charge >= 0.3 is 6.03 Å². The first-order chi connectivity index (χ1) is 16.1. The third kappa shape index (κ3) is 6.60. The number of nitro groups is 1. The smallest absolute Gasteiger partial charge is 0.348 e. The number of aliphatic imine (C=N–C) groups is 1. The van der Waals surface area contributed by atoms with Crippen LogP contribution in [0.1, 0.15) is 19.4 Å². The van der Waals surface area contributed by atoms with Crippen LogP contribution in [0, 0.1) is 10.1 Å². The fraction of sp³-hybridized carbons (Fsp3) is 0.130. The maximum atomic E-state index is 12.6. The van der Waals surface area contributed by atoms with Gasteiger partial charge in [-0.25, -0.2) is 4.79 Å². The van der Waals surface area contributed by atoms with E-state index in [1.807, 2.05) is 0 Å². The van der Waals surface area contributed by atoms with Gasteiger partial charge in [0.05, 0.1) is 31.7 Å². The number of urea groups is 1. The number of carbonyl (C=O) groups excluding carboxylic acids is 1. The van der Waals surface area contributed by atoms with Crippen LogP contribution < -0.4 is 10.1 Å². The Bertz CT molecular complexity index is 1220. The predicted molar refractivity (Wildman–Crippen MR) is 133 cm³/mol. The van der Waals surface area contributed by atoms with E-state index in [9.17, 15) is 14.9 Å². The van der Waals surface area contributed by atoms with Crippen molar-refractivity contribution in [3.63, 3.8) is 0 Å². The number of nitrogens with one attached hydrogen (secondary N) is 1. The molecule has 0 aliphatic heterocycles. The molecule has 34 heavy (non-hydrogen) atoms. The molecule has 0 fully saturated rings. The Balaban J connectivity index is 1.80. The highest BCUT2D eigenvalue weighted by Gasteiger charge is 2.16. The molecule has 3 aromatic rings. The highest BCUT2D eigenvalue weighted by molar-refractivity contribution is 6.37. The van der Waals surface area contributed by atoms with Gasteiger partial charge in [-0.15, -0.1) is 0 Å². The molecule has 2 amide bonds. The number of benzene rings is 3. The summed E-state index contributed by atoms with van der Waals surface area (Å²) in [5.41, 5.74) is 0.652. The number of ether oxygens (including phenoxy) is 2. The molecule has 1 N–H and O–H groups in total. The topological polar surface area (TPSA) is 103 Å². The molecule has 0 aromatic heterocycles. The SMILES string of the molecule is CC(C)OC(=NC(=O)Nc1cc(Cl)c(Oc2ccc([N+](=O)[O-])cc2)c(Cl)c1)c1ccccc1Cl. The number of nitrogens with zero attached hydrogens (tertiary/aromatic N) is 2. The number of non-ortho nitro benzene ring substituents is 1. The van der Waals surface area contributed by atoms with Crippen LogP contribution in [0.4, 0.5) is 16.2 Å². The summed E-state index contributed by atoms with van der Waals surface area (Å²) in [5, 5.41) is 14.0. The second-order valence-electron chi connectivity index (χ2n) is 7.12. The van der Waals surface area contributed by atoms with E-state index in [4.69, 9.17) is 44.3 Å². The Labute approximate surface area is 210 Å². The summed E-state index contributed by atoms with van der Waals surface area (Å²) in [6.07, 6.45) is -0.248. The molecule has 3 rings (SSSR count). The fourth-order valence-corrected chi connectivity index (χ4v) is 3.52. The minimum absolute atomic E-state index is 0.0634. The number of hydrogen-bond acceptors (Lipinski definition) is 5. The van der Waals surface area contributed by atoms with E-state index in [2.05, 4.69) is 10.3 Å². The van der Waals surface area contributed by atoms with Crippen LogP contribution in [0.15, 0.2) is 65.7 Å². The average Bonchev–Trinajstić information content (AvgIpc) is 2.76. The molecule has 0 unspecified atom stereocenters. The largest absolute Gasteiger partial charge is 0.474 e. The van der Waals surface area contributed by atoms with Gasteiger partial charge in [-0.05, 0) is 50.2 Å². The van der Waals surface area contributed by atoms with Crippen molar-refractivity contribution in [2.45, 2.75) is 20.0 Å². The van der Waals surface area contributed by atoms with Crippen molar-refractivity contribution in [1.82, 2.24) is 0 Å². The van der Waals surface area contributed by atoms with Gasteiger partial charge in [0.1, 0.15) is 5.75 Å². The zero-order chi connectivity index (χ0) is 24.8. The Morgan fingerprint density at radius 1 is 1.00 bits per heavy atom. The van der Waals surface area contributed by atoms with E-state index >= 15 is 0 Å². The summed E-state index contributed by atoms with van der Waals surface area (Å²) in [6.45, 7) is 3.60. The normalized spacial score (nSPS) is 11.3. The number of amides is 2. The molecule has 0 saturated heterocycles. The van der Waals surface area contributed by atoms with Crippen molar-refractivity contribution in [2.75, 3.05) is 5.32 Å². The third-order valence-corrected chi connectivity index (χ3v) is 5.06. The number of carbonyl (C=O) groups is 1. The molecule has 11 heteroatoms. The lowest BCUT2D eigenvalue weighted by atomic mass is 10.2. The van der Waals surface area contributed by atoms with Gasteiger partial charge < -0.3 is 14.8 Å². The van der Waals surface area contributed by atoms with Gasteiger partial charge in [0, 0.05) is 17.8 Å². The van der Waals surface area contributed by atoms with Crippen molar-refractivity contribution >= 4 is 58.1 Å². The number of nitro benzene ring substituents is 1. The van der Waals surface area contributed by atoms with Crippen LogP contribution in [0.3, 0.4) is 0 Å². The molecule has 0 radical (unpaired) electrons. The van der Waals surface area contributed by atoms with E-state index < -0.39 is 11.0 Å². The van der Waals surface area contributed by atoms with Crippen LogP contribution in [0.2, 0.25) is 15.1 Å².